The van der Waals surface area contributed by atoms with E-state index in [-0.39, 0.29) is 0 Å². The molecule has 3 heteroatoms. The van der Waals surface area contributed by atoms with Crippen LogP contribution < -0.4 is 4.73 Å². The van der Waals surface area contributed by atoms with Gasteiger partial charge in [0.1, 0.15) is 0 Å². The van der Waals surface area contributed by atoms with Crippen LogP contribution in [0.2, 0.25) is 0 Å². The summed E-state index contributed by atoms with van der Waals surface area (Å²) in [6, 6.07) is 3.68. The molecule has 0 saturated carbocycles. The van der Waals surface area contributed by atoms with Gasteiger partial charge in [0.25, 0.3) is 0 Å². The summed E-state index contributed by atoms with van der Waals surface area (Å²) in [5.74, 6) is 0. The number of aromatic nitrogens is 1. The molecule has 0 fully saturated rings. The summed E-state index contributed by atoms with van der Waals surface area (Å²) in [5, 5.41) is 19.8. The van der Waals surface area contributed by atoms with Gasteiger partial charge >= 0.3 is 0 Å². The van der Waals surface area contributed by atoms with Crippen LogP contribution in [-0.4, -0.2) is 0 Å². The van der Waals surface area contributed by atoms with E-state index in [0.717, 1.165) is 10.3 Å². The first-order valence-electron chi connectivity index (χ1n) is 3.81. The minimum absolute atomic E-state index is 0.559. The minimum Gasteiger partial charge on any atom is -0.618 e. The Morgan fingerprint density at radius 3 is 2.83 bits per heavy atom. The summed E-state index contributed by atoms with van der Waals surface area (Å²) < 4.78 is 0.791. The van der Waals surface area contributed by atoms with Crippen molar-refractivity contribution in [2.45, 2.75) is 20.3 Å². The molecule has 0 bridgehead atoms. The average molecular weight is 162 g/mol. The molecule has 1 aromatic heterocycles. The van der Waals surface area contributed by atoms with Crippen LogP contribution in [0.1, 0.15) is 23.7 Å². The number of hydrogen-bond acceptors (Lipinski definition) is 2. The van der Waals surface area contributed by atoms with E-state index in [1.165, 1.54) is 6.20 Å². The van der Waals surface area contributed by atoms with Crippen LogP contribution in [0.5, 0.6) is 0 Å². The van der Waals surface area contributed by atoms with E-state index in [1.807, 2.05) is 6.92 Å². The van der Waals surface area contributed by atoms with E-state index in [9.17, 15) is 5.21 Å². The van der Waals surface area contributed by atoms with Crippen molar-refractivity contribution >= 4 is 0 Å². The van der Waals surface area contributed by atoms with Crippen LogP contribution in [0, 0.1) is 23.5 Å². The Morgan fingerprint density at radius 1 is 1.67 bits per heavy atom. The highest BCUT2D eigenvalue weighted by Gasteiger charge is 2.07. The predicted octanol–water partition coefficient (Wildman–Crippen LogP) is 1.06. The normalized spacial score (nSPS) is 9.42. The third kappa shape index (κ3) is 1.37. The molecule has 62 valence electrons. The summed E-state index contributed by atoms with van der Waals surface area (Å²) in [5.41, 5.74) is 1.96. The highest BCUT2D eigenvalue weighted by molar-refractivity contribution is 5.35. The predicted molar refractivity (Wildman–Crippen MR) is 44.2 cm³/mol. The number of aryl methyl sites for hydroxylation is 2. The van der Waals surface area contributed by atoms with Crippen LogP contribution in [0.3, 0.4) is 0 Å². The van der Waals surface area contributed by atoms with Gasteiger partial charge in [-0.05, 0) is 6.42 Å². The molecule has 0 unspecified atom stereocenters. The molecular weight excluding hydrogens is 152 g/mol. The average Bonchev–Trinajstić information content (AvgIpc) is 2.09. The van der Waals surface area contributed by atoms with Crippen LogP contribution >= 0.6 is 0 Å². The van der Waals surface area contributed by atoms with E-state index in [0.29, 0.717) is 17.7 Å². The summed E-state index contributed by atoms with van der Waals surface area (Å²) in [4.78, 5) is 0. The third-order valence-corrected chi connectivity index (χ3v) is 1.82. The molecule has 0 atom stereocenters. The maximum absolute atomic E-state index is 11.1. The first-order valence-corrected chi connectivity index (χ1v) is 3.81. The Bertz CT molecular complexity index is 339. The van der Waals surface area contributed by atoms with E-state index in [1.54, 1.807) is 13.0 Å². The lowest BCUT2D eigenvalue weighted by molar-refractivity contribution is -0.612. The van der Waals surface area contributed by atoms with Gasteiger partial charge in [0.05, 0.1) is 11.6 Å². The van der Waals surface area contributed by atoms with Gasteiger partial charge in [0, 0.05) is 18.6 Å². The standard InChI is InChI=1S/C9H10N2O/c1-3-8-6-11(12)7(2)4-9(8)5-10/h4,6H,3H2,1-2H3. The maximum atomic E-state index is 11.1. The maximum Gasteiger partial charge on any atom is 0.191 e. The minimum atomic E-state index is 0.559. The molecule has 0 aromatic carbocycles. The Labute approximate surface area is 71.5 Å². The molecule has 1 rings (SSSR count). The highest BCUT2D eigenvalue weighted by atomic mass is 16.5. The molecule has 0 aliphatic rings. The monoisotopic (exact) mass is 162 g/mol. The second kappa shape index (κ2) is 3.22. The summed E-state index contributed by atoms with van der Waals surface area (Å²) in [6.45, 7) is 3.61. The molecule has 12 heavy (non-hydrogen) atoms. The Morgan fingerprint density at radius 2 is 2.33 bits per heavy atom. The number of rotatable bonds is 1. The molecule has 3 nitrogen and oxygen atoms in total. The summed E-state index contributed by atoms with van der Waals surface area (Å²) in [6.07, 6.45) is 2.18. The van der Waals surface area contributed by atoms with E-state index in [4.69, 9.17) is 5.26 Å². The van der Waals surface area contributed by atoms with E-state index < -0.39 is 0 Å². The molecule has 0 spiro atoms. The third-order valence-electron chi connectivity index (χ3n) is 1.82. The lowest BCUT2D eigenvalue weighted by Crippen LogP contribution is -2.30. The van der Waals surface area contributed by atoms with Gasteiger partial charge < -0.3 is 5.21 Å². The number of pyridine rings is 1. The first-order chi connectivity index (χ1) is 5.69. The van der Waals surface area contributed by atoms with Gasteiger partial charge in [0.15, 0.2) is 11.9 Å². The van der Waals surface area contributed by atoms with Gasteiger partial charge in [-0.3, -0.25) is 0 Å². The molecule has 0 aliphatic carbocycles. The fourth-order valence-corrected chi connectivity index (χ4v) is 1.06. The lowest BCUT2D eigenvalue weighted by atomic mass is 10.1. The Balaban J connectivity index is 3.31. The van der Waals surface area contributed by atoms with Crippen LogP contribution in [0.15, 0.2) is 12.3 Å². The van der Waals surface area contributed by atoms with Crippen molar-refractivity contribution in [1.29, 1.82) is 5.26 Å². The highest BCUT2D eigenvalue weighted by Crippen LogP contribution is 2.06. The molecule has 1 heterocycles. The molecular formula is C9H10N2O. The van der Waals surface area contributed by atoms with E-state index >= 15 is 0 Å². The largest absolute Gasteiger partial charge is 0.618 e. The first kappa shape index (κ1) is 8.54. The van der Waals surface area contributed by atoms with Gasteiger partial charge in [-0.15, -0.1) is 0 Å². The van der Waals surface area contributed by atoms with Crippen molar-refractivity contribution in [2.24, 2.45) is 0 Å². The second-order valence-corrected chi connectivity index (χ2v) is 2.64. The fraction of sp³-hybridized carbons (Fsp3) is 0.333. The quantitative estimate of drug-likeness (QED) is 0.458. The Kier molecular flexibility index (Phi) is 2.29. The number of nitrogens with zero attached hydrogens (tertiary/aromatic N) is 2. The SMILES string of the molecule is CCc1c[n+]([O-])c(C)cc1C#N. The molecule has 0 saturated heterocycles. The zero-order valence-corrected chi connectivity index (χ0v) is 7.16. The van der Waals surface area contributed by atoms with Crippen LogP contribution in [0.4, 0.5) is 0 Å². The van der Waals surface area contributed by atoms with Crippen molar-refractivity contribution in [3.05, 3.63) is 34.3 Å². The second-order valence-electron chi connectivity index (χ2n) is 2.64. The van der Waals surface area contributed by atoms with Gasteiger partial charge in [0.2, 0.25) is 0 Å². The zero-order chi connectivity index (χ0) is 9.14. The molecule has 0 N–H and O–H groups in total. The van der Waals surface area contributed by atoms with Crippen molar-refractivity contribution in [1.82, 2.24) is 0 Å². The molecule has 0 aliphatic heterocycles. The van der Waals surface area contributed by atoms with Crippen molar-refractivity contribution in [2.75, 3.05) is 0 Å². The molecule has 0 amide bonds. The Hall–Kier alpha value is -1.56. The smallest absolute Gasteiger partial charge is 0.191 e. The summed E-state index contributed by atoms with van der Waals surface area (Å²) in [7, 11) is 0. The van der Waals surface area contributed by atoms with Crippen molar-refractivity contribution in [3.63, 3.8) is 0 Å². The van der Waals surface area contributed by atoms with Gasteiger partial charge in [-0.2, -0.15) is 9.99 Å². The topological polar surface area (TPSA) is 50.7 Å². The molecule has 0 radical (unpaired) electrons. The zero-order valence-electron chi connectivity index (χ0n) is 7.16. The van der Waals surface area contributed by atoms with Crippen molar-refractivity contribution < 1.29 is 4.73 Å². The van der Waals surface area contributed by atoms with Crippen LogP contribution in [0.25, 0.3) is 0 Å². The number of hydrogen-bond donors (Lipinski definition) is 0. The number of nitriles is 1. The molecule has 1 aromatic rings. The van der Waals surface area contributed by atoms with Crippen LogP contribution in [-0.2, 0) is 6.42 Å². The lowest BCUT2D eigenvalue weighted by Gasteiger charge is -2.03. The van der Waals surface area contributed by atoms with Gasteiger partial charge in [-0.1, -0.05) is 6.92 Å². The fourth-order valence-electron chi connectivity index (χ4n) is 1.06. The van der Waals surface area contributed by atoms with Gasteiger partial charge in [-0.25, -0.2) is 0 Å². The van der Waals surface area contributed by atoms with E-state index in [2.05, 4.69) is 6.07 Å². The van der Waals surface area contributed by atoms with Crippen molar-refractivity contribution in [3.8, 4) is 6.07 Å². The summed E-state index contributed by atoms with van der Waals surface area (Å²) >= 11 is 0.